The van der Waals surface area contributed by atoms with Gasteiger partial charge < -0.3 is 10.6 Å². The van der Waals surface area contributed by atoms with Gasteiger partial charge in [-0.05, 0) is 30.4 Å². The summed E-state index contributed by atoms with van der Waals surface area (Å²) >= 11 is 0. The van der Waals surface area contributed by atoms with Gasteiger partial charge in [-0.1, -0.05) is 36.4 Å². The number of rotatable bonds is 2. The third-order valence-corrected chi connectivity index (χ3v) is 4.03. The minimum absolute atomic E-state index is 0.0455. The molecule has 19 heavy (non-hydrogen) atoms. The highest BCUT2D eigenvalue weighted by Crippen LogP contribution is 2.24. The van der Waals surface area contributed by atoms with Crippen molar-refractivity contribution in [1.82, 2.24) is 10.6 Å². The second-order valence-electron chi connectivity index (χ2n) is 5.37. The Morgan fingerprint density at radius 3 is 3.00 bits per heavy atom. The van der Waals surface area contributed by atoms with E-state index in [1.807, 2.05) is 12.1 Å². The van der Waals surface area contributed by atoms with Gasteiger partial charge in [0.05, 0.1) is 5.92 Å². The lowest BCUT2D eigenvalue weighted by molar-refractivity contribution is -0.123. The van der Waals surface area contributed by atoms with Gasteiger partial charge in [0.15, 0.2) is 0 Å². The summed E-state index contributed by atoms with van der Waals surface area (Å²) in [5, 5.41) is 6.53. The van der Waals surface area contributed by atoms with Crippen LogP contribution in [0.2, 0.25) is 0 Å². The molecule has 0 saturated carbocycles. The Hall–Kier alpha value is -1.61. The molecule has 0 aromatic heterocycles. The van der Waals surface area contributed by atoms with Crippen LogP contribution < -0.4 is 10.6 Å². The van der Waals surface area contributed by atoms with Crippen molar-refractivity contribution in [3.05, 3.63) is 47.5 Å². The van der Waals surface area contributed by atoms with Crippen LogP contribution in [0.1, 0.15) is 36.3 Å². The fourth-order valence-electron chi connectivity index (χ4n) is 2.96. The maximum Gasteiger partial charge on any atom is 0.229 e. The number of hydrogen-bond donors (Lipinski definition) is 2. The summed E-state index contributed by atoms with van der Waals surface area (Å²) in [6.45, 7) is 1.61. The molecule has 1 heterocycles. The molecule has 0 radical (unpaired) electrons. The fraction of sp³-hybridized carbons (Fsp3) is 0.438. The molecule has 0 spiro atoms. The van der Waals surface area contributed by atoms with E-state index in [9.17, 15) is 4.79 Å². The minimum Gasteiger partial charge on any atom is -0.352 e. The van der Waals surface area contributed by atoms with Crippen LogP contribution in [-0.4, -0.2) is 18.5 Å². The van der Waals surface area contributed by atoms with E-state index in [1.165, 1.54) is 11.1 Å². The van der Waals surface area contributed by atoms with Crippen LogP contribution in [0.4, 0.5) is 0 Å². The first kappa shape index (κ1) is 12.4. The van der Waals surface area contributed by atoms with Crippen molar-refractivity contribution >= 4 is 5.91 Å². The highest BCUT2D eigenvalue weighted by Gasteiger charge is 2.27. The molecule has 2 unspecified atom stereocenters. The average molecular weight is 256 g/mol. The number of nitrogens with one attached hydrogen (secondary N) is 2. The third-order valence-electron chi connectivity index (χ3n) is 4.03. The number of hydrogen-bond acceptors (Lipinski definition) is 2. The van der Waals surface area contributed by atoms with Crippen molar-refractivity contribution in [1.29, 1.82) is 0 Å². The lowest BCUT2D eigenvalue weighted by Crippen LogP contribution is -2.43. The first-order valence-electron chi connectivity index (χ1n) is 7.08. The molecule has 2 aliphatic rings. The van der Waals surface area contributed by atoms with Crippen molar-refractivity contribution < 1.29 is 4.79 Å². The van der Waals surface area contributed by atoms with E-state index < -0.39 is 0 Å². The largest absolute Gasteiger partial charge is 0.352 e. The van der Waals surface area contributed by atoms with Gasteiger partial charge in [-0.15, -0.1) is 0 Å². The molecule has 1 aromatic carbocycles. The van der Waals surface area contributed by atoms with Crippen LogP contribution in [0.5, 0.6) is 0 Å². The summed E-state index contributed by atoms with van der Waals surface area (Å²) in [6, 6.07) is 8.55. The molecule has 1 aliphatic heterocycles. The van der Waals surface area contributed by atoms with Crippen LogP contribution in [0.3, 0.4) is 0 Å². The maximum absolute atomic E-state index is 12.5. The van der Waals surface area contributed by atoms with Gasteiger partial charge in [0.25, 0.3) is 0 Å². The number of benzene rings is 1. The quantitative estimate of drug-likeness (QED) is 0.796. The molecular formula is C16H20N2O. The van der Waals surface area contributed by atoms with Gasteiger partial charge in [0.1, 0.15) is 0 Å². The second-order valence-corrected chi connectivity index (χ2v) is 5.37. The Morgan fingerprint density at radius 1 is 1.26 bits per heavy atom. The molecule has 0 bridgehead atoms. The predicted molar refractivity (Wildman–Crippen MR) is 75.8 cm³/mol. The van der Waals surface area contributed by atoms with Crippen molar-refractivity contribution in [2.45, 2.75) is 37.8 Å². The number of allylic oxidation sites excluding steroid dienone is 1. The summed E-state index contributed by atoms with van der Waals surface area (Å²) in [6.07, 6.45) is 7.46. The predicted octanol–water partition coefficient (Wildman–Crippen LogP) is 2.10. The van der Waals surface area contributed by atoms with Gasteiger partial charge >= 0.3 is 0 Å². The van der Waals surface area contributed by atoms with Crippen molar-refractivity contribution in [3.63, 3.8) is 0 Å². The summed E-state index contributed by atoms with van der Waals surface area (Å²) in [5.41, 5.74) is 2.43. The summed E-state index contributed by atoms with van der Waals surface area (Å²) in [4.78, 5) is 12.5. The van der Waals surface area contributed by atoms with E-state index in [0.717, 1.165) is 32.4 Å². The van der Waals surface area contributed by atoms with Crippen molar-refractivity contribution in [3.8, 4) is 0 Å². The molecule has 1 aromatic rings. The number of carbonyl (C=O) groups is 1. The molecule has 1 aliphatic carbocycles. The monoisotopic (exact) mass is 256 g/mol. The van der Waals surface area contributed by atoms with Crippen LogP contribution in [0.15, 0.2) is 36.4 Å². The normalized spacial score (nSPS) is 25.7. The van der Waals surface area contributed by atoms with Crippen LogP contribution in [0.25, 0.3) is 0 Å². The molecule has 100 valence electrons. The van der Waals surface area contributed by atoms with Gasteiger partial charge in [0.2, 0.25) is 5.91 Å². The number of carbonyl (C=O) groups excluding carboxylic acids is 1. The molecular weight excluding hydrogens is 236 g/mol. The Kier molecular flexibility index (Phi) is 3.65. The summed E-state index contributed by atoms with van der Waals surface area (Å²) < 4.78 is 0. The third kappa shape index (κ3) is 2.71. The van der Waals surface area contributed by atoms with E-state index in [-0.39, 0.29) is 11.8 Å². The molecule has 3 rings (SSSR count). The summed E-state index contributed by atoms with van der Waals surface area (Å²) in [5.74, 6) is 0.121. The molecule has 3 nitrogen and oxygen atoms in total. The lowest BCUT2D eigenvalue weighted by Gasteiger charge is -2.28. The lowest BCUT2D eigenvalue weighted by atomic mass is 9.89. The molecule has 2 atom stereocenters. The zero-order valence-corrected chi connectivity index (χ0v) is 11.1. The van der Waals surface area contributed by atoms with Gasteiger partial charge in [0, 0.05) is 19.1 Å². The Labute approximate surface area is 114 Å². The Bertz CT molecular complexity index is 495. The molecule has 0 fully saturated rings. The van der Waals surface area contributed by atoms with E-state index in [2.05, 4.69) is 34.9 Å². The van der Waals surface area contributed by atoms with E-state index >= 15 is 0 Å². The van der Waals surface area contributed by atoms with Gasteiger partial charge in [-0.25, -0.2) is 0 Å². The highest BCUT2D eigenvalue weighted by molar-refractivity contribution is 5.85. The summed E-state index contributed by atoms with van der Waals surface area (Å²) in [7, 11) is 0. The van der Waals surface area contributed by atoms with Crippen LogP contribution >= 0.6 is 0 Å². The topological polar surface area (TPSA) is 41.1 Å². The zero-order chi connectivity index (χ0) is 13.1. The van der Waals surface area contributed by atoms with Crippen LogP contribution in [-0.2, 0) is 11.3 Å². The first-order chi connectivity index (χ1) is 9.34. The first-order valence-corrected chi connectivity index (χ1v) is 7.08. The molecule has 2 N–H and O–H groups in total. The van der Waals surface area contributed by atoms with Gasteiger partial charge in [-0.3, -0.25) is 4.79 Å². The fourth-order valence-corrected chi connectivity index (χ4v) is 2.96. The number of amides is 1. The van der Waals surface area contributed by atoms with E-state index in [4.69, 9.17) is 0 Å². The number of fused-ring (bicyclic) bond motifs is 1. The SMILES string of the molecule is O=C(NC1CC=CCC1)C1CNCc2ccccc21. The second kappa shape index (κ2) is 5.57. The molecule has 0 saturated heterocycles. The molecule has 1 amide bonds. The van der Waals surface area contributed by atoms with Crippen molar-refractivity contribution in [2.24, 2.45) is 0 Å². The van der Waals surface area contributed by atoms with Crippen LogP contribution in [0, 0.1) is 0 Å². The van der Waals surface area contributed by atoms with Gasteiger partial charge in [-0.2, -0.15) is 0 Å². The van der Waals surface area contributed by atoms with E-state index in [0.29, 0.717) is 6.04 Å². The Morgan fingerprint density at radius 2 is 2.16 bits per heavy atom. The minimum atomic E-state index is -0.0455. The van der Waals surface area contributed by atoms with E-state index in [1.54, 1.807) is 0 Å². The highest BCUT2D eigenvalue weighted by atomic mass is 16.2. The smallest absolute Gasteiger partial charge is 0.229 e. The zero-order valence-electron chi connectivity index (χ0n) is 11.1. The molecule has 3 heteroatoms. The maximum atomic E-state index is 12.5. The standard InChI is InChI=1S/C16H20N2O/c19-16(18-13-7-2-1-3-8-13)15-11-17-10-12-6-4-5-9-14(12)15/h1-2,4-6,9,13,15,17H,3,7-8,10-11H2,(H,18,19). The Balaban J connectivity index is 1.72. The van der Waals surface area contributed by atoms with Crippen molar-refractivity contribution in [2.75, 3.05) is 6.54 Å². The average Bonchev–Trinajstić information content (AvgIpc) is 2.47.